The van der Waals surface area contributed by atoms with Crippen LogP contribution in [-0.4, -0.2) is 30.8 Å². The molecule has 2 nitrogen and oxygen atoms in total. The topological polar surface area (TPSA) is 20.3 Å². The number of carbonyl (C=O) groups is 1. The van der Waals surface area contributed by atoms with E-state index in [0.29, 0.717) is 5.41 Å². The van der Waals surface area contributed by atoms with Crippen LogP contribution < -0.4 is 0 Å². The zero-order valence-corrected chi connectivity index (χ0v) is 12.1. The molecule has 0 bridgehead atoms. The highest BCUT2D eigenvalue weighted by molar-refractivity contribution is 5.58. The molecule has 0 aliphatic carbocycles. The first kappa shape index (κ1) is 14.7. The third-order valence-electron chi connectivity index (χ3n) is 5.09. The molecule has 0 aromatic rings. The van der Waals surface area contributed by atoms with Gasteiger partial charge in [-0.2, -0.15) is 0 Å². The average molecular weight is 239 g/mol. The summed E-state index contributed by atoms with van der Waals surface area (Å²) in [5, 5.41) is 0. The summed E-state index contributed by atoms with van der Waals surface area (Å²) in [6, 6.07) is 0. The van der Waals surface area contributed by atoms with Gasteiger partial charge in [-0.1, -0.05) is 40.5 Å². The van der Waals surface area contributed by atoms with Crippen LogP contribution in [0.5, 0.6) is 0 Å². The van der Waals surface area contributed by atoms with E-state index in [1.54, 1.807) is 0 Å². The maximum absolute atomic E-state index is 11.1. The molecule has 0 radical (unpaired) electrons. The van der Waals surface area contributed by atoms with E-state index in [9.17, 15) is 4.79 Å². The van der Waals surface area contributed by atoms with Crippen LogP contribution in [0, 0.1) is 10.8 Å². The van der Waals surface area contributed by atoms with Gasteiger partial charge in [0.25, 0.3) is 0 Å². The van der Waals surface area contributed by atoms with Crippen molar-refractivity contribution >= 4 is 6.29 Å². The summed E-state index contributed by atoms with van der Waals surface area (Å²) in [7, 11) is 0. The van der Waals surface area contributed by atoms with Crippen molar-refractivity contribution in [1.82, 2.24) is 4.90 Å². The van der Waals surface area contributed by atoms with Gasteiger partial charge in [-0.25, -0.2) is 0 Å². The lowest BCUT2D eigenvalue weighted by Crippen LogP contribution is -2.44. The number of piperidine rings is 1. The maximum Gasteiger partial charge on any atom is 0.127 e. The highest BCUT2D eigenvalue weighted by Crippen LogP contribution is 2.38. The van der Waals surface area contributed by atoms with Gasteiger partial charge in [0.1, 0.15) is 6.29 Å². The Hall–Kier alpha value is -0.370. The molecule has 0 N–H and O–H groups in total. The molecular weight excluding hydrogens is 210 g/mol. The normalized spacial score (nSPS) is 24.2. The lowest BCUT2D eigenvalue weighted by molar-refractivity contribution is -0.117. The molecule has 1 heterocycles. The molecule has 1 saturated heterocycles. The van der Waals surface area contributed by atoms with Crippen LogP contribution >= 0.6 is 0 Å². The molecular formula is C15H29NO. The zero-order valence-electron chi connectivity index (χ0n) is 12.1. The average Bonchev–Trinajstić information content (AvgIpc) is 2.40. The van der Waals surface area contributed by atoms with E-state index in [-0.39, 0.29) is 5.41 Å². The third kappa shape index (κ3) is 3.54. The number of aldehydes is 1. The zero-order chi connectivity index (χ0) is 12.9. The van der Waals surface area contributed by atoms with Gasteiger partial charge in [-0.05, 0) is 37.8 Å². The molecule has 100 valence electrons. The highest BCUT2D eigenvalue weighted by Gasteiger charge is 2.33. The number of likely N-dealkylation sites (tertiary alicyclic amines) is 1. The molecule has 0 amide bonds. The minimum absolute atomic E-state index is 0.140. The van der Waals surface area contributed by atoms with Crippen molar-refractivity contribution in [3.05, 3.63) is 0 Å². The number of hydrogen-bond donors (Lipinski definition) is 0. The van der Waals surface area contributed by atoms with Crippen LogP contribution in [0.1, 0.15) is 59.8 Å². The second-order valence-electron chi connectivity index (χ2n) is 6.11. The maximum atomic E-state index is 11.1. The fourth-order valence-corrected chi connectivity index (χ4v) is 2.89. The molecule has 1 aliphatic rings. The van der Waals surface area contributed by atoms with Crippen molar-refractivity contribution in [1.29, 1.82) is 0 Å². The summed E-state index contributed by atoms with van der Waals surface area (Å²) in [4.78, 5) is 13.6. The molecule has 1 unspecified atom stereocenters. The van der Waals surface area contributed by atoms with Crippen molar-refractivity contribution in [2.75, 3.05) is 19.6 Å². The van der Waals surface area contributed by atoms with Crippen molar-refractivity contribution in [3.8, 4) is 0 Å². The van der Waals surface area contributed by atoms with Gasteiger partial charge in [0.05, 0.1) is 0 Å². The van der Waals surface area contributed by atoms with Crippen LogP contribution in [0.25, 0.3) is 0 Å². The summed E-state index contributed by atoms with van der Waals surface area (Å²) < 4.78 is 0. The number of nitrogens with zero attached hydrogens (tertiary/aromatic N) is 1. The van der Waals surface area contributed by atoms with E-state index >= 15 is 0 Å². The smallest absolute Gasteiger partial charge is 0.127 e. The van der Waals surface area contributed by atoms with Crippen molar-refractivity contribution in [3.63, 3.8) is 0 Å². The van der Waals surface area contributed by atoms with E-state index in [2.05, 4.69) is 32.6 Å². The first-order valence-corrected chi connectivity index (χ1v) is 7.22. The van der Waals surface area contributed by atoms with E-state index in [0.717, 1.165) is 19.3 Å². The van der Waals surface area contributed by atoms with Gasteiger partial charge < -0.3 is 9.69 Å². The SMILES string of the molecule is CCC(C)(C=O)CN1CCC(CC)(CC)CC1. The predicted octanol–water partition coefficient (Wildman–Crippen LogP) is 3.50. The molecule has 0 saturated carbocycles. The van der Waals surface area contributed by atoms with Crippen LogP contribution in [-0.2, 0) is 4.79 Å². The Morgan fingerprint density at radius 2 is 1.71 bits per heavy atom. The molecule has 1 aliphatic heterocycles. The fourth-order valence-electron chi connectivity index (χ4n) is 2.89. The van der Waals surface area contributed by atoms with Crippen molar-refractivity contribution in [2.45, 2.75) is 59.8 Å². The first-order chi connectivity index (χ1) is 8.03. The van der Waals surface area contributed by atoms with Gasteiger partial charge in [0, 0.05) is 12.0 Å². The van der Waals surface area contributed by atoms with Gasteiger partial charge in [0.15, 0.2) is 0 Å². The van der Waals surface area contributed by atoms with Crippen LogP contribution in [0.2, 0.25) is 0 Å². The van der Waals surface area contributed by atoms with Crippen molar-refractivity contribution < 1.29 is 4.79 Å². The molecule has 0 aromatic heterocycles. The summed E-state index contributed by atoms with van der Waals surface area (Å²) >= 11 is 0. The molecule has 1 rings (SSSR count). The van der Waals surface area contributed by atoms with E-state index < -0.39 is 0 Å². The molecule has 1 atom stereocenters. The minimum atomic E-state index is -0.140. The molecule has 1 fully saturated rings. The van der Waals surface area contributed by atoms with Crippen molar-refractivity contribution in [2.24, 2.45) is 10.8 Å². The minimum Gasteiger partial charge on any atom is -0.303 e. The molecule has 17 heavy (non-hydrogen) atoms. The fraction of sp³-hybridized carbons (Fsp3) is 0.933. The Balaban J connectivity index is 2.50. The molecule has 2 heteroatoms. The Morgan fingerprint density at radius 3 is 2.06 bits per heavy atom. The summed E-state index contributed by atoms with van der Waals surface area (Å²) in [5.74, 6) is 0. The second-order valence-corrected chi connectivity index (χ2v) is 6.11. The standard InChI is InChI=1S/C15H29NO/c1-5-14(4,13-17)12-16-10-8-15(6-2,7-3)9-11-16/h13H,5-12H2,1-4H3. The van der Waals surface area contributed by atoms with Crippen LogP contribution in [0.15, 0.2) is 0 Å². The van der Waals surface area contributed by atoms with Crippen LogP contribution in [0.3, 0.4) is 0 Å². The monoisotopic (exact) mass is 239 g/mol. The van der Waals surface area contributed by atoms with E-state index in [1.807, 2.05) is 0 Å². The number of hydrogen-bond acceptors (Lipinski definition) is 2. The Bertz CT molecular complexity index is 237. The molecule has 0 spiro atoms. The predicted molar refractivity (Wildman–Crippen MR) is 73.2 cm³/mol. The number of carbonyl (C=O) groups excluding carboxylic acids is 1. The Kier molecular flexibility index (Phi) is 5.18. The van der Waals surface area contributed by atoms with Crippen LogP contribution in [0.4, 0.5) is 0 Å². The second kappa shape index (κ2) is 5.99. The summed E-state index contributed by atoms with van der Waals surface area (Å²) in [6.45, 7) is 12.1. The quantitative estimate of drug-likeness (QED) is 0.661. The highest BCUT2D eigenvalue weighted by atomic mass is 16.1. The third-order valence-corrected chi connectivity index (χ3v) is 5.09. The van der Waals surface area contributed by atoms with Gasteiger partial charge >= 0.3 is 0 Å². The van der Waals surface area contributed by atoms with Gasteiger partial charge in [-0.3, -0.25) is 0 Å². The summed E-state index contributed by atoms with van der Waals surface area (Å²) in [5.41, 5.74) is 0.443. The lowest BCUT2D eigenvalue weighted by Gasteiger charge is -2.43. The Labute approximate surface area is 107 Å². The van der Waals surface area contributed by atoms with Gasteiger partial charge in [-0.15, -0.1) is 0 Å². The largest absolute Gasteiger partial charge is 0.303 e. The molecule has 0 aromatic carbocycles. The van der Waals surface area contributed by atoms with E-state index in [4.69, 9.17) is 0 Å². The lowest BCUT2D eigenvalue weighted by atomic mass is 9.74. The van der Waals surface area contributed by atoms with Gasteiger partial charge in [0.2, 0.25) is 0 Å². The Morgan fingerprint density at radius 1 is 1.18 bits per heavy atom. The summed E-state index contributed by atoms with van der Waals surface area (Å²) in [6.07, 6.45) is 7.30. The number of rotatable bonds is 6. The van der Waals surface area contributed by atoms with E-state index in [1.165, 1.54) is 38.8 Å². The first-order valence-electron chi connectivity index (χ1n) is 7.22.